The fourth-order valence-corrected chi connectivity index (χ4v) is 5.10. The molecular formula is C31H31Cl3N6O5. The standard InChI is InChI=1S/C31H31Cl3N6O5/c1-45-31-19(17-36-11-13-42)14-22(32)28(40-31)30(44)39-24-7-3-5-21(27(24)34)20-4-2-6-23(26(20)33)38-29(43)25-9-8-18(16-37-25)15-35-10-12-41/h2-9,14,16,35-36,41-42H,10-13,15,17H2,1H3,(H,38,43)(H,39,44). The maximum Gasteiger partial charge on any atom is 0.276 e. The largest absolute Gasteiger partial charge is 0.481 e. The van der Waals surface area contributed by atoms with Crippen LogP contribution in [0.25, 0.3) is 11.1 Å². The number of benzene rings is 2. The molecule has 2 heterocycles. The van der Waals surface area contributed by atoms with Crippen LogP contribution < -0.4 is 26.0 Å². The summed E-state index contributed by atoms with van der Waals surface area (Å²) in [5.41, 5.74) is 3.28. The number of amides is 2. The van der Waals surface area contributed by atoms with Crippen LogP contribution in [0.1, 0.15) is 32.1 Å². The minimum atomic E-state index is -0.609. The van der Waals surface area contributed by atoms with E-state index in [9.17, 15) is 9.59 Å². The van der Waals surface area contributed by atoms with Crippen molar-refractivity contribution in [2.75, 3.05) is 44.0 Å². The van der Waals surface area contributed by atoms with E-state index in [1.165, 1.54) is 7.11 Å². The van der Waals surface area contributed by atoms with Crippen LogP contribution >= 0.6 is 34.8 Å². The third-order valence-corrected chi connectivity index (χ3v) is 7.59. The first-order chi connectivity index (χ1) is 21.8. The molecule has 236 valence electrons. The van der Waals surface area contributed by atoms with Crippen molar-refractivity contribution in [1.82, 2.24) is 20.6 Å². The average molecular weight is 674 g/mol. The highest BCUT2D eigenvalue weighted by molar-refractivity contribution is 6.40. The molecule has 6 N–H and O–H groups in total. The Bertz CT molecular complexity index is 1660. The first kappa shape index (κ1) is 34.1. The molecule has 0 aliphatic carbocycles. The highest BCUT2D eigenvalue weighted by Crippen LogP contribution is 2.40. The molecule has 4 rings (SSSR count). The number of rotatable bonds is 14. The maximum atomic E-state index is 13.2. The Hall–Kier alpha value is -3.81. The van der Waals surface area contributed by atoms with Crippen LogP contribution in [0.2, 0.25) is 15.1 Å². The number of ether oxygens (including phenoxy) is 1. The van der Waals surface area contributed by atoms with Gasteiger partial charge in [-0.05, 0) is 29.8 Å². The summed E-state index contributed by atoms with van der Waals surface area (Å²) < 4.78 is 5.34. The Kier molecular flexibility index (Phi) is 12.5. The first-order valence-corrected chi connectivity index (χ1v) is 14.9. The van der Waals surface area contributed by atoms with Crippen LogP contribution in [0.4, 0.5) is 11.4 Å². The Labute approximate surface area is 274 Å². The summed E-state index contributed by atoms with van der Waals surface area (Å²) in [5.74, 6) is -0.852. The maximum absolute atomic E-state index is 13.2. The fraction of sp³-hybridized carbons (Fsp3) is 0.226. The molecule has 0 atom stereocenters. The Balaban J connectivity index is 1.52. The summed E-state index contributed by atoms with van der Waals surface area (Å²) in [4.78, 5) is 34.7. The van der Waals surface area contributed by atoms with Gasteiger partial charge in [-0.25, -0.2) is 4.98 Å². The van der Waals surface area contributed by atoms with E-state index < -0.39 is 11.8 Å². The molecule has 0 fully saturated rings. The quantitative estimate of drug-likeness (QED) is 0.104. The van der Waals surface area contributed by atoms with E-state index in [2.05, 4.69) is 31.2 Å². The summed E-state index contributed by atoms with van der Waals surface area (Å²) in [6, 6.07) is 15.1. The van der Waals surface area contributed by atoms with Gasteiger partial charge in [0.05, 0.1) is 46.8 Å². The van der Waals surface area contributed by atoms with Gasteiger partial charge in [0.1, 0.15) is 5.69 Å². The number of hydrogen-bond donors (Lipinski definition) is 6. The van der Waals surface area contributed by atoms with Gasteiger partial charge >= 0.3 is 0 Å². The van der Waals surface area contributed by atoms with Gasteiger partial charge in [-0.1, -0.05) is 65.1 Å². The second-order valence-electron chi connectivity index (χ2n) is 9.58. The average Bonchev–Trinajstić information content (AvgIpc) is 3.04. The third kappa shape index (κ3) is 8.68. The van der Waals surface area contributed by atoms with Crippen molar-refractivity contribution in [3.05, 3.63) is 98.4 Å². The third-order valence-electron chi connectivity index (χ3n) is 6.49. The van der Waals surface area contributed by atoms with Gasteiger partial charge in [-0.2, -0.15) is 0 Å². The predicted octanol–water partition coefficient (Wildman–Crippen LogP) is 4.78. The SMILES string of the molecule is COc1nc(C(=O)Nc2cccc(-c3cccc(NC(=O)c4ccc(CNCCO)cn4)c3Cl)c2Cl)c(Cl)cc1CNCCO. The smallest absolute Gasteiger partial charge is 0.276 e. The number of aliphatic hydroxyl groups excluding tert-OH is 2. The summed E-state index contributed by atoms with van der Waals surface area (Å²) in [6.07, 6.45) is 1.58. The van der Waals surface area contributed by atoms with Crippen molar-refractivity contribution >= 4 is 58.0 Å². The van der Waals surface area contributed by atoms with Gasteiger partial charge in [-0.3, -0.25) is 14.6 Å². The van der Waals surface area contributed by atoms with Crippen LogP contribution in [-0.4, -0.2) is 65.4 Å². The number of nitrogens with zero attached hydrogens (tertiary/aromatic N) is 2. The number of nitrogens with one attached hydrogen (secondary N) is 4. The van der Waals surface area contributed by atoms with Crippen molar-refractivity contribution in [2.24, 2.45) is 0 Å². The van der Waals surface area contributed by atoms with E-state index in [0.717, 1.165) is 5.56 Å². The van der Waals surface area contributed by atoms with Gasteiger partial charge in [-0.15, -0.1) is 0 Å². The zero-order valence-corrected chi connectivity index (χ0v) is 26.4. The second kappa shape index (κ2) is 16.5. The minimum absolute atomic E-state index is 0.0281. The number of anilines is 2. The molecule has 2 aromatic carbocycles. The molecule has 0 bridgehead atoms. The van der Waals surface area contributed by atoms with Crippen LogP contribution in [0, 0.1) is 0 Å². The lowest BCUT2D eigenvalue weighted by atomic mass is 10.0. The first-order valence-electron chi connectivity index (χ1n) is 13.8. The van der Waals surface area contributed by atoms with Gasteiger partial charge in [0.2, 0.25) is 5.88 Å². The van der Waals surface area contributed by atoms with Crippen LogP contribution in [0.3, 0.4) is 0 Å². The number of carbonyl (C=O) groups excluding carboxylic acids is 2. The molecule has 0 radical (unpaired) electrons. The van der Waals surface area contributed by atoms with Crippen LogP contribution in [0.15, 0.2) is 60.8 Å². The number of methoxy groups -OCH3 is 1. The molecule has 11 nitrogen and oxygen atoms in total. The van der Waals surface area contributed by atoms with E-state index in [1.54, 1.807) is 60.8 Å². The number of carbonyl (C=O) groups is 2. The summed E-state index contributed by atoms with van der Waals surface area (Å²) in [7, 11) is 1.43. The molecular weight excluding hydrogens is 643 g/mol. The van der Waals surface area contributed by atoms with Crippen molar-refractivity contribution in [3.63, 3.8) is 0 Å². The number of aromatic nitrogens is 2. The Morgan fingerprint density at radius 2 is 1.42 bits per heavy atom. The molecule has 0 unspecified atom stereocenters. The molecule has 0 aliphatic heterocycles. The number of hydrogen-bond acceptors (Lipinski definition) is 9. The van der Waals surface area contributed by atoms with E-state index >= 15 is 0 Å². The Morgan fingerprint density at radius 1 is 0.822 bits per heavy atom. The molecule has 2 aromatic heterocycles. The van der Waals surface area contributed by atoms with Gasteiger partial charge in [0.25, 0.3) is 11.8 Å². The lowest BCUT2D eigenvalue weighted by Crippen LogP contribution is -2.20. The zero-order valence-electron chi connectivity index (χ0n) is 24.2. The second-order valence-corrected chi connectivity index (χ2v) is 10.7. The molecule has 14 heteroatoms. The van der Waals surface area contributed by atoms with Crippen molar-refractivity contribution < 1.29 is 24.5 Å². The molecule has 2 amide bonds. The summed E-state index contributed by atoms with van der Waals surface area (Å²) in [5, 5.41) is 30.1. The molecule has 4 aromatic rings. The van der Waals surface area contributed by atoms with E-state index in [0.29, 0.717) is 48.6 Å². The van der Waals surface area contributed by atoms with Crippen molar-refractivity contribution in [1.29, 1.82) is 0 Å². The molecule has 0 aliphatic rings. The van der Waals surface area contributed by atoms with Crippen LogP contribution in [-0.2, 0) is 13.1 Å². The van der Waals surface area contributed by atoms with Gasteiger partial charge in [0, 0.05) is 49.1 Å². The predicted molar refractivity (Wildman–Crippen MR) is 175 cm³/mol. The summed E-state index contributed by atoms with van der Waals surface area (Å²) >= 11 is 19.9. The zero-order chi connectivity index (χ0) is 32.3. The topological polar surface area (TPSA) is 158 Å². The molecule has 0 spiro atoms. The summed E-state index contributed by atoms with van der Waals surface area (Å²) in [6.45, 7) is 1.66. The lowest BCUT2D eigenvalue weighted by Gasteiger charge is -2.15. The van der Waals surface area contributed by atoms with E-state index in [1.807, 2.05) is 0 Å². The number of pyridine rings is 2. The normalized spacial score (nSPS) is 10.9. The molecule has 45 heavy (non-hydrogen) atoms. The fourth-order valence-electron chi connectivity index (χ4n) is 4.29. The number of halogens is 3. The molecule has 0 saturated carbocycles. The monoisotopic (exact) mass is 672 g/mol. The van der Waals surface area contributed by atoms with Gasteiger partial charge < -0.3 is 36.2 Å². The number of aliphatic hydroxyl groups is 2. The van der Waals surface area contributed by atoms with Crippen LogP contribution in [0.5, 0.6) is 5.88 Å². The van der Waals surface area contributed by atoms with Crippen molar-refractivity contribution in [2.45, 2.75) is 13.1 Å². The van der Waals surface area contributed by atoms with E-state index in [4.69, 9.17) is 49.8 Å². The lowest BCUT2D eigenvalue weighted by molar-refractivity contribution is 0.101. The van der Waals surface area contributed by atoms with Gasteiger partial charge in [0.15, 0.2) is 5.69 Å². The highest BCUT2D eigenvalue weighted by atomic mass is 35.5. The molecule has 0 saturated heterocycles. The van der Waals surface area contributed by atoms with Crippen molar-refractivity contribution in [3.8, 4) is 17.0 Å². The highest BCUT2D eigenvalue weighted by Gasteiger charge is 2.21. The van der Waals surface area contributed by atoms with E-state index in [-0.39, 0.29) is 51.2 Å². The Morgan fingerprint density at radius 3 is 1.98 bits per heavy atom. The minimum Gasteiger partial charge on any atom is -0.481 e.